The second-order valence-corrected chi connectivity index (χ2v) is 3.55. The summed E-state index contributed by atoms with van der Waals surface area (Å²) in [6, 6.07) is 5.02. The van der Waals surface area contributed by atoms with Gasteiger partial charge in [-0.2, -0.15) is 5.26 Å². The van der Waals surface area contributed by atoms with Gasteiger partial charge in [0.2, 0.25) is 0 Å². The number of ketones is 1. The lowest BCUT2D eigenvalue weighted by Crippen LogP contribution is -2.06. The van der Waals surface area contributed by atoms with Gasteiger partial charge >= 0.3 is 0 Å². The summed E-state index contributed by atoms with van der Waals surface area (Å²) in [5.41, 5.74) is 1.64. The van der Waals surface area contributed by atoms with E-state index < -0.39 is 0 Å². The first-order valence-corrected chi connectivity index (χ1v) is 5.36. The van der Waals surface area contributed by atoms with Gasteiger partial charge < -0.3 is 0 Å². The van der Waals surface area contributed by atoms with Crippen LogP contribution in [0.25, 0.3) is 0 Å². The topological polar surface area (TPSA) is 57.9 Å². The van der Waals surface area contributed by atoms with Crippen molar-refractivity contribution in [3.8, 4) is 6.07 Å². The number of hydrogen-bond donors (Lipinski definition) is 0. The molecule has 0 N–H and O–H groups in total. The molecule has 0 aliphatic rings. The van der Waals surface area contributed by atoms with E-state index in [-0.39, 0.29) is 16.7 Å². The van der Waals surface area contributed by atoms with Crippen LogP contribution in [0.15, 0.2) is 12.1 Å². The number of nitrogens with zero attached hydrogens (tertiary/aromatic N) is 1. The van der Waals surface area contributed by atoms with Crippen molar-refractivity contribution in [1.29, 1.82) is 5.26 Å². The van der Waals surface area contributed by atoms with Gasteiger partial charge in [-0.3, -0.25) is 9.59 Å². The molecule has 76 valence electrons. The van der Waals surface area contributed by atoms with Crippen LogP contribution in [0.5, 0.6) is 0 Å². The standard InChI is InChI=1S/C11H8BrNO2/c1-7-8(6-14)2-3-9(10(7)5-13)11(15)4-12/h2-3,6H,4H2,1H3. The van der Waals surface area contributed by atoms with E-state index in [9.17, 15) is 9.59 Å². The fourth-order valence-corrected chi connectivity index (χ4v) is 1.61. The van der Waals surface area contributed by atoms with Gasteiger partial charge in [0.25, 0.3) is 0 Å². The second-order valence-electron chi connectivity index (χ2n) is 2.99. The molecule has 0 saturated carbocycles. The van der Waals surface area contributed by atoms with E-state index in [0.717, 1.165) is 0 Å². The first kappa shape index (κ1) is 11.6. The van der Waals surface area contributed by atoms with E-state index in [1.54, 1.807) is 13.0 Å². The van der Waals surface area contributed by atoms with Crippen molar-refractivity contribution in [2.45, 2.75) is 6.92 Å². The molecular formula is C11H8BrNO2. The monoisotopic (exact) mass is 265 g/mol. The van der Waals surface area contributed by atoms with Crippen LogP contribution < -0.4 is 0 Å². The molecule has 0 bridgehead atoms. The van der Waals surface area contributed by atoms with Crippen LogP contribution in [-0.4, -0.2) is 17.4 Å². The van der Waals surface area contributed by atoms with E-state index in [1.807, 2.05) is 6.07 Å². The minimum absolute atomic E-state index is 0.160. The van der Waals surface area contributed by atoms with Crippen LogP contribution >= 0.6 is 15.9 Å². The zero-order chi connectivity index (χ0) is 11.4. The van der Waals surface area contributed by atoms with Gasteiger partial charge in [0.15, 0.2) is 5.78 Å². The zero-order valence-corrected chi connectivity index (χ0v) is 9.67. The van der Waals surface area contributed by atoms with Crippen molar-refractivity contribution in [2.24, 2.45) is 0 Å². The van der Waals surface area contributed by atoms with E-state index in [2.05, 4.69) is 15.9 Å². The summed E-state index contributed by atoms with van der Waals surface area (Å²) >= 11 is 3.05. The van der Waals surface area contributed by atoms with Crippen molar-refractivity contribution in [1.82, 2.24) is 0 Å². The molecule has 0 heterocycles. The second kappa shape index (κ2) is 4.85. The minimum Gasteiger partial charge on any atom is -0.298 e. The van der Waals surface area contributed by atoms with Gasteiger partial charge in [-0.15, -0.1) is 0 Å². The molecule has 0 aliphatic heterocycles. The normalized spacial score (nSPS) is 9.40. The molecule has 1 rings (SSSR count). The van der Waals surface area contributed by atoms with Gasteiger partial charge in [0.05, 0.1) is 10.9 Å². The molecule has 15 heavy (non-hydrogen) atoms. The fourth-order valence-electron chi connectivity index (χ4n) is 1.30. The molecule has 0 spiro atoms. The SMILES string of the molecule is Cc1c(C=O)ccc(C(=O)CBr)c1C#N. The predicted molar refractivity (Wildman–Crippen MR) is 59.4 cm³/mol. The molecule has 1 aromatic carbocycles. The first-order valence-electron chi connectivity index (χ1n) is 4.23. The summed E-state index contributed by atoms with van der Waals surface area (Å²) in [5, 5.41) is 9.10. The van der Waals surface area contributed by atoms with Crippen molar-refractivity contribution in [3.63, 3.8) is 0 Å². The van der Waals surface area contributed by atoms with E-state index in [4.69, 9.17) is 5.26 Å². The van der Waals surface area contributed by atoms with E-state index >= 15 is 0 Å². The summed E-state index contributed by atoms with van der Waals surface area (Å²) < 4.78 is 0. The lowest BCUT2D eigenvalue weighted by atomic mass is 9.96. The van der Waals surface area contributed by atoms with Crippen LogP contribution in [0.2, 0.25) is 0 Å². The van der Waals surface area contributed by atoms with Crippen molar-refractivity contribution < 1.29 is 9.59 Å². The molecule has 0 radical (unpaired) electrons. The zero-order valence-electron chi connectivity index (χ0n) is 8.08. The number of rotatable bonds is 3. The maximum atomic E-state index is 11.5. The number of Topliss-reactive ketones (excluding diaryl/α,β-unsaturated/α-hetero) is 1. The number of hydrogen-bond acceptors (Lipinski definition) is 3. The number of carbonyl (C=O) groups is 2. The molecular weight excluding hydrogens is 258 g/mol. The average molecular weight is 266 g/mol. The van der Waals surface area contributed by atoms with Crippen molar-refractivity contribution in [2.75, 3.05) is 5.33 Å². The van der Waals surface area contributed by atoms with Crippen molar-refractivity contribution in [3.05, 3.63) is 34.4 Å². The van der Waals surface area contributed by atoms with Crippen LogP contribution in [-0.2, 0) is 0 Å². The highest BCUT2D eigenvalue weighted by Gasteiger charge is 2.14. The molecule has 4 heteroatoms. The number of carbonyl (C=O) groups excluding carboxylic acids is 2. The minimum atomic E-state index is -0.160. The molecule has 0 atom stereocenters. The Morgan fingerprint density at radius 2 is 2.27 bits per heavy atom. The third-order valence-electron chi connectivity index (χ3n) is 2.17. The van der Waals surface area contributed by atoms with Crippen molar-refractivity contribution >= 4 is 28.0 Å². The summed E-state index contributed by atoms with van der Waals surface area (Å²) in [6.07, 6.45) is 0.679. The molecule has 0 amide bonds. The quantitative estimate of drug-likeness (QED) is 0.479. The molecule has 0 fully saturated rings. The average Bonchev–Trinajstić information content (AvgIpc) is 2.27. The maximum Gasteiger partial charge on any atom is 0.174 e. The van der Waals surface area contributed by atoms with Gasteiger partial charge in [-0.25, -0.2) is 0 Å². The van der Waals surface area contributed by atoms with E-state index in [0.29, 0.717) is 23.0 Å². The van der Waals surface area contributed by atoms with Gasteiger partial charge in [-0.05, 0) is 18.6 Å². The Bertz CT molecular complexity index is 460. The van der Waals surface area contributed by atoms with Gasteiger partial charge in [-0.1, -0.05) is 22.0 Å². The lowest BCUT2D eigenvalue weighted by molar-refractivity contribution is 0.102. The summed E-state index contributed by atoms with van der Waals surface area (Å²) in [4.78, 5) is 22.1. The highest BCUT2D eigenvalue weighted by atomic mass is 79.9. The van der Waals surface area contributed by atoms with Gasteiger partial charge in [0, 0.05) is 11.1 Å². The Morgan fingerprint density at radius 1 is 1.60 bits per heavy atom. The smallest absolute Gasteiger partial charge is 0.174 e. The largest absolute Gasteiger partial charge is 0.298 e. The Morgan fingerprint density at radius 3 is 2.73 bits per heavy atom. The van der Waals surface area contributed by atoms with Crippen LogP contribution in [0.3, 0.4) is 0 Å². The molecule has 3 nitrogen and oxygen atoms in total. The number of benzene rings is 1. The number of halogens is 1. The van der Waals surface area contributed by atoms with Crippen LogP contribution in [0, 0.1) is 18.3 Å². The third kappa shape index (κ3) is 2.13. The molecule has 0 aromatic heterocycles. The lowest BCUT2D eigenvalue weighted by Gasteiger charge is -2.05. The Hall–Kier alpha value is -1.47. The molecule has 0 unspecified atom stereocenters. The molecule has 0 aliphatic carbocycles. The number of aldehydes is 1. The number of nitriles is 1. The summed E-state index contributed by atoms with van der Waals surface area (Å²) in [6.45, 7) is 1.66. The highest BCUT2D eigenvalue weighted by molar-refractivity contribution is 9.09. The van der Waals surface area contributed by atoms with Crippen LogP contribution in [0.1, 0.15) is 31.8 Å². The maximum absolute atomic E-state index is 11.5. The van der Waals surface area contributed by atoms with Crippen LogP contribution in [0.4, 0.5) is 0 Å². The Kier molecular flexibility index (Phi) is 3.75. The third-order valence-corrected chi connectivity index (χ3v) is 2.68. The predicted octanol–water partition coefficient (Wildman–Crippen LogP) is 2.26. The first-order chi connectivity index (χ1) is 7.15. The fraction of sp³-hybridized carbons (Fsp3) is 0.182. The highest BCUT2D eigenvalue weighted by Crippen LogP contribution is 2.17. The summed E-state index contributed by atoms with van der Waals surface area (Å²) in [5.74, 6) is -0.160. The van der Waals surface area contributed by atoms with E-state index in [1.165, 1.54) is 6.07 Å². The van der Waals surface area contributed by atoms with Gasteiger partial charge in [0.1, 0.15) is 12.4 Å². The summed E-state index contributed by atoms with van der Waals surface area (Å²) in [7, 11) is 0. The Balaban J connectivity index is 3.45. The number of alkyl halides is 1. The Labute approximate surface area is 95.8 Å². The molecule has 1 aromatic rings. The molecule has 0 saturated heterocycles.